The van der Waals surface area contributed by atoms with Crippen LogP contribution in [0.5, 0.6) is 11.5 Å². The van der Waals surface area contributed by atoms with E-state index in [2.05, 4.69) is 0 Å². The quantitative estimate of drug-likeness (QED) is 0.0599. The van der Waals surface area contributed by atoms with Gasteiger partial charge in [0, 0.05) is 71.4 Å². The molecule has 60 heavy (non-hydrogen) atoms. The molecule has 0 amide bonds. The van der Waals surface area contributed by atoms with E-state index in [4.69, 9.17) is 39.5 Å². The van der Waals surface area contributed by atoms with E-state index >= 15 is 0 Å². The molecule has 3 N–H and O–H groups in total. The molecule has 0 unspecified atom stereocenters. The Bertz CT molecular complexity index is 2730. The number of rotatable bonds is 10. The van der Waals surface area contributed by atoms with Gasteiger partial charge in [0.1, 0.15) is 35.8 Å². The minimum atomic E-state index is -4.54. The summed E-state index contributed by atoms with van der Waals surface area (Å²) in [5.41, 5.74) is 0.220. The fourth-order valence-electron chi connectivity index (χ4n) is 7.21. The third-order valence-corrected chi connectivity index (χ3v) is 14.3. The fourth-order valence-corrected chi connectivity index (χ4v) is 10.6. The Balaban J connectivity index is 0.00000193. The van der Waals surface area contributed by atoms with Gasteiger partial charge in [-0.15, -0.1) is 11.8 Å². The van der Waals surface area contributed by atoms with Crippen LogP contribution in [0.15, 0.2) is 41.3 Å². The number of aromatic carboxylic acids is 1. The Kier molecular flexibility index (Phi) is 14.9. The van der Waals surface area contributed by atoms with Gasteiger partial charge in [0.25, 0.3) is 20.2 Å². The van der Waals surface area contributed by atoms with Gasteiger partial charge in [-0.05, 0) is 43.2 Å². The Morgan fingerprint density at radius 3 is 1.92 bits per heavy atom. The van der Waals surface area contributed by atoms with Crippen molar-refractivity contribution in [3.05, 3.63) is 89.9 Å². The highest BCUT2D eigenvalue weighted by atomic mass is 35.5. The molecule has 3 aliphatic rings. The van der Waals surface area contributed by atoms with E-state index in [9.17, 15) is 40.6 Å². The molecular formula is C42H50Cl3N2O10S3+. The van der Waals surface area contributed by atoms with Crippen molar-refractivity contribution in [2.75, 3.05) is 36.3 Å². The molecule has 12 nitrogen and oxygen atoms in total. The van der Waals surface area contributed by atoms with Crippen molar-refractivity contribution in [3.63, 3.8) is 0 Å². The maximum absolute atomic E-state index is 13.2. The van der Waals surface area contributed by atoms with Crippen LogP contribution in [0.3, 0.4) is 0 Å². The minimum absolute atomic E-state index is 0.0530. The lowest BCUT2D eigenvalue weighted by atomic mass is 9.83. The van der Waals surface area contributed by atoms with Gasteiger partial charge in [-0.2, -0.15) is 16.8 Å². The molecule has 0 bridgehead atoms. The molecule has 0 aliphatic carbocycles. The predicted molar refractivity (Wildman–Crippen MR) is 243 cm³/mol. The molecule has 3 aromatic carbocycles. The van der Waals surface area contributed by atoms with Crippen LogP contribution in [0.2, 0.25) is 15.1 Å². The summed E-state index contributed by atoms with van der Waals surface area (Å²) in [6, 6.07) is 6.61. The van der Waals surface area contributed by atoms with E-state index in [0.717, 1.165) is 11.8 Å². The van der Waals surface area contributed by atoms with Crippen molar-refractivity contribution >= 4 is 101 Å². The molecule has 0 fully saturated rings. The minimum Gasteiger partial charge on any atom is -0.478 e. The molecule has 18 heteroatoms. The number of likely N-dealkylation sites (N-methyl/N-ethyl adjacent to an activating group) is 2. The number of benzene rings is 3. The van der Waals surface area contributed by atoms with Gasteiger partial charge in [-0.3, -0.25) is 13.9 Å². The van der Waals surface area contributed by atoms with E-state index in [0.29, 0.717) is 22.2 Å². The number of anilines is 1. The van der Waals surface area contributed by atoms with Crippen molar-refractivity contribution in [1.29, 1.82) is 0 Å². The molecule has 0 spiro atoms. The summed E-state index contributed by atoms with van der Waals surface area (Å²) in [5.74, 6) is -2.70. The molecule has 0 saturated heterocycles. The molecule has 6 rings (SSSR count). The standard InChI is InChI=1S/C38H37Cl3N2O10S3.2C2H6/c1-8-20(44)15-54-35-33(40)30(31(36(45)46)32(39)34(35)41)29-23-9-21-18(16-55(47,48)49)13-37(2,3)42(6)25(21)11-27(23)53-28-12-26-22(10-24(28)29)19(17-56(50,51)52)14-38(4,5)43(26)7;2*1-2/h9-14H,8,15-17H2,1-7H3,(H2-,45,46,47,48,49,50,51,52);2*1-2H3/p+1. The zero-order chi connectivity index (χ0) is 45.6. The summed E-state index contributed by atoms with van der Waals surface area (Å²) in [6.45, 7) is 17.2. The van der Waals surface area contributed by atoms with Crippen LogP contribution in [0, 0.1) is 0 Å². The van der Waals surface area contributed by atoms with Crippen LogP contribution < -0.4 is 24.8 Å². The SMILES string of the molecule is CC.CC.CCC(=O)CSc1c(Cl)c(Cl)c(C(=O)O)c(C2=c3cc4c(cc3Oc3cc5c(cc32)C(CS(=O)(=O)O)=CC(C)(C)N5C)=[N+](C)C(C)(C)C=C4CS(=O)(=O)O)c1Cl. The number of carbonyl (C=O) groups excluding carboxylic acids is 1. The van der Waals surface area contributed by atoms with Crippen molar-refractivity contribution in [2.24, 2.45) is 0 Å². The first-order valence-corrected chi connectivity index (χ1v) is 24.4. The maximum atomic E-state index is 13.2. The van der Waals surface area contributed by atoms with Gasteiger partial charge in [0.15, 0.2) is 5.54 Å². The molecular weight excluding hydrogens is 895 g/mol. The second-order valence-corrected chi connectivity index (χ2v) is 20.0. The third-order valence-electron chi connectivity index (χ3n) is 10.3. The molecule has 3 heterocycles. The number of halogens is 3. The van der Waals surface area contributed by atoms with Crippen molar-refractivity contribution in [3.8, 4) is 11.5 Å². The summed E-state index contributed by atoms with van der Waals surface area (Å²) in [7, 11) is -5.46. The average molecular weight is 945 g/mol. The zero-order valence-electron chi connectivity index (χ0n) is 35.2. The smallest absolute Gasteiger partial charge is 0.337 e. The number of Topliss-reactive ketones (excluding diaryl/α,β-unsaturated/α-hetero) is 1. The summed E-state index contributed by atoms with van der Waals surface area (Å²) in [6.07, 6.45) is 3.64. The molecule has 326 valence electrons. The summed E-state index contributed by atoms with van der Waals surface area (Å²) in [4.78, 5) is 27.7. The highest BCUT2D eigenvalue weighted by Crippen LogP contribution is 2.51. The number of hydrogen-bond acceptors (Lipinski definition) is 9. The topological polar surface area (TPSA) is 179 Å². The number of carboxylic acid groups (broad SMARTS) is 1. The normalized spacial score (nSPS) is 16.0. The van der Waals surface area contributed by atoms with E-state index in [1.54, 1.807) is 43.3 Å². The number of carbonyl (C=O) groups is 2. The number of carboxylic acids is 1. The van der Waals surface area contributed by atoms with Gasteiger partial charge in [-0.25, -0.2) is 9.37 Å². The lowest BCUT2D eigenvalue weighted by molar-refractivity contribution is -0.116. The number of ether oxygens (including phenoxy) is 1. The van der Waals surface area contributed by atoms with Crippen LogP contribution in [-0.2, 0) is 25.0 Å². The van der Waals surface area contributed by atoms with E-state index < -0.39 is 54.4 Å². The highest BCUT2D eigenvalue weighted by molar-refractivity contribution is 8.00. The first-order chi connectivity index (χ1) is 27.8. The van der Waals surface area contributed by atoms with Gasteiger partial charge >= 0.3 is 5.97 Å². The summed E-state index contributed by atoms with van der Waals surface area (Å²) >= 11 is 21.7. The van der Waals surface area contributed by atoms with Gasteiger partial charge in [0.05, 0.1) is 43.6 Å². The monoisotopic (exact) mass is 943 g/mol. The Labute approximate surface area is 371 Å². The molecule has 0 atom stereocenters. The fraction of sp³-hybridized carbons (Fsp3) is 0.405. The van der Waals surface area contributed by atoms with Crippen molar-refractivity contribution < 1.29 is 45.4 Å². The van der Waals surface area contributed by atoms with Crippen LogP contribution in [0.25, 0.3) is 16.7 Å². The molecule has 3 aromatic rings. The number of nitrogens with zero attached hydrogens (tertiary/aromatic N) is 2. The zero-order valence-corrected chi connectivity index (χ0v) is 40.0. The third kappa shape index (κ3) is 9.63. The summed E-state index contributed by atoms with van der Waals surface area (Å²) < 4.78 is 78.0. The largest absolute Gasteiger partial charge is 0.478 e. The Morgan fingerprint density at radius 2 is 1.38 bits per heavy atom. The molecule has 0 radical (unpaired) electrons. The highest BCUT2D eigenvalue weighted by Gasteiger charge is 2.39. The number of fused-ring (bicyclic) bond motifs is 4. The molecule has 0 saturated carbocycles. The molecule has 0 aromatic heterocycles. The number of thioether (sulfide) groups is 1. The maximum Gasteiger partial charge on any atom is 0.337 e. The number of ketones is 1. The molecule has 3 aliphatic heterocycles. The first-order valence-electron chi connectivity index (χ1n) is 19.1. The second-order valence-electron chi connectivity index (χ2n) is 14.9. The van der Waals surface area contributed by atoms with Gasteiger partial charge < -0.3 is 14.7 Å². The average Bonchev–Trinajstić information content (AvgIpc) is 3.15. The van der Waals surface area contributed by atoms with Crippen molar-refractivity contribution in [2.45, 2.75) is 84.7 Å². The van der Waals surface area contributed by atoms with Gasteiger partial charge in [-0.1, -0.05) is 75.5 Å². The van der Waals surface area contributed by atoms with E-state index in [-0.39, 0.29) is 82.5 Å². The van der Waals surface area contributed by atoms with Crippen LogP contribution >= 0.6 is 46.6 Å². The Morgan fingerprint density at radius 1 is 0.817 bits per heavy atom. The summed E-state index contributed by atoms with van der Waals surface area (Å²) in [5, 5.41) is 10.9. The van der Waals surface area contributed by atoms with Crippen LogP contribution in [-0.4, -0.2) is 85.2 Å². The lowest BCUT2D eigenvalue weighted by Crippen LogP contribution is -2.47. The first kappa shape index (κ1) is 49.2. The van der Waals surface area contributed by atoms with Gasteiger partial charge in [0.2, 0.25) is 5.36 Å². The van der Waals surface area contributed by atoms with Crippen molar-refractivity contribution in [1.82, 2.24) is 4.58 Å². The Hall–Kier alpha value is -3.41. The predicted octanol–water partition coefficient (Wildman–Crippen LogP) is 8.51. The number of hydrogen-bond donors (Lipinski definition) is 3. The lowest BCUT2D eigenvalue weighted by Gasteiger charge is -2.41. The van der Waals surface area contributed by atoms with Crippen LogP contribution in [0.4, 0.5) is 5.69 Å². The van der Waals surface area contributed by atoms with Crippen LogP contribution in [0.1, 0.15) is 101 Å². The second kappa shape index (κ2) is 18.1. The van der Waals surface area contributed by atoms with E-state index in [1.165, 1.54) is 0 Å². The van der Waals surface area contributed by atoms with E-state index in [1.807, 2.05) is 79.0 Å².